The number of carbonyl (C=O) groups is 2. The van der Waals surface area contributed by atoms with Gasteiger partial charge < -0.3 is 10.2 Å². The van der Waals surface area contributed by atoms with E-state index in [1.807, 2.05) is 0 Å². The fourth-order valence-corrected chi connectivity index (χ4v) is 2.44. The van der Waals surface area contributed by atoms with Crippen molar-refractivity contribution in [2.24, 2.45) is 5.92 Å². The molecule has 4 nitrogen and oxygen atoms in total. The van der Waals surface area contributed by atoms with Crippen molar-refractivity contribution < 1.29 is 19.8 Å². The smallest absolute Gasteiger partial charge is 0.336 e. The van der Waals surface area contributed by atoms with Gasteiger partial charge in [-0.3, -0.25) is 0 Å². The van der Waals surface area contributed by atoms with Gasteiger partial charge in [0.15, 0.2) is 0 Å². The maximum Gasteiger partial charge on any atom is 0.336 e. The van der Waals surface area contributed by atoms with Gasteiger partial charge in [0, 0.05) is 0 Å². The second kappa shape index (κ2) is 8.37. The Morgan fingerprint density at radius 2 is 1.82 bits per heavy atom. The minimum absolute atomic E-state index is 0.0773. The van der Waals surface area contributed by atoms with E-state index in [9.17, 15) is 14.7 Å². The van der Waals surface area contributed by atoms with Crippen molar-refractivity contribution in [2.45, 2.75) is 46.5 Å². The summed E-state index contributed by atoms with van der Waals surface area (Å²) in [6.45, 7) is 6.28. The number of hydrogen-bond donors (Lipinski definition) is 2. The number of allylic oxidation sites excluding steroid dienone is 2. The summed E-state index contributed by atoms with van der Waals surface area (Å²) in [4.78, 5) is 22.5. The number of hydrogen-bond acceptors (Lipinski definition) is 2. The highest BCUT2D eigenvalue weighted by atomic mass is 16.4. The minimum atomic E-state index is -1.20. The van der Waals surface area contributed by atoms with Gasteiger partial charge >= 0.3 is 11.9 Å². The van der Waals surface area contributed by atoms with Crippen LogP contribution >= 0.6 is 0 Å². The zero-order chi connectivity index (χ0) is 16.7. The lowest BCUT2D eigenvalue weighted by Gasteiger charge is -2.13. The quantitative estimate of drug-likeness (QED) is 0.698. The first-order valence-corrected chi connectivity index (χ1v) is 7.54. The number of carboxylic acids is 2. The third kappa shape index (κ3) is 5.35. The second-order valence-corrected chi connectivity index (χ2v) is 5.95. The van der Waals surface area contributed by atoms with Crippen molar-refractivity contribution in [3.05, 3.63) is 46.5 Å². The van der Waals surface area contributed by atoms with Gasteiger partial charge in [-0.2, -0.15) is 0 Å². The number of rotatable bonds is 8. The molecule has 1 rings (SSSR count). The molecule has 0 amide bonds. The van der Waals surface area contributed by atoms with Crippen molar-refractivity contribution in [2.75, 3.05) is 0 Å². The summed E-state index contributed by atoms with van der Waals surface area (Å²) < 4.78 is 0. The maximum absolute atomic E-state index is 11.4. The molecule has 0 spiro atoms. The molecule has 0 fully saturated rings. The van der Waals surface area contributed by atoms with Crippen molar-refractivity contribution in [1.29, 1.82) is 0 Å². The predicted molar refractivity (Wildman–Crippen MR) is 86.5 cm³/mol. The highest BCUT2D eigenvalue weighted by Gasteiger charge is 2.19. The standard InChI is InChI=1S/C18H24O4/c1-12(2)6-4-7-13(3)10-11-14-8-5-9-15(17(19)20)16(14)18(21)22/h5-6,8-9,13H,4,7,10-11H2,1-3H3,(H,19,20)(H,21,22). The zero-order valence-electron chi connectivity index (χ0n) is 13.4. The molecule has 0 radical (unpaired) electrons. The lowest BCUT2D eigenvalue weighted by molar-refractivity contribution is 0.0650. The van der Waals surface area contributed by atoms with Gasteiger partial charge in [-0.05, 0) is 57.1 Å². The van der Waals surface area contributed by atoms with E-state index >= 15 is 0 Å². The number of carboxylic acid groups (broad SMARTS) is 2. The van der Waals surface area contributed by atoms with Gasteiger partial charge in [0.25, 0.3) is 0 Å². The van der Waals surface area contributed by atoms with Crippen LogP contribution in [0.2, 0.25) is 0 Å². The molecule has 2 N–H and O–H groups in total. The molecule has 0 aliphatic rings. The highest BCUT2D eigenvalue weighted by Crippen LogP contribution is 2.21. The molecular formula is C18H24O4. The van der Waals surface area contributed by atoms with E-state index in [0.29, 0.717) is 17.9 Å². The SMILES string of the molecule is CC(C)=CCCC(C)CCc1cccc(C(=O)O)c1C(=O)O. The van der Waals surface area contributed by atoms with Gasteiger partial charge in [-0.25, -0.2) is 9.59 Å². The molecule has 1 unspecified atom stereocenters. The van der Waals surface area contributed by atoms with Crippen LogP contribution in [0.3, 0.4) is 0 Å². The summed E-state index contributed by atoms with van der Waals surface area (Å²) in [6, 6.07) is 4.66. The van der Waals surface area contributed by atoms with Crippen molar-refractivity contribution in [1.82, 2.24) is 0 Å². The Bertz CT molecular complexity index is 568. The van der Waals surface area contributed by atoms with E-state index in [2.05, 4.69) is 26.8 Å². The average molecular weight is 304 g/mol. The molecule has 1 atom stereocenters. The van der Waals surface area contributed by atoms with Crippen LogP contribution in [0.25, 0.3) is 0 Å². The lowest BCUT2D eigenvalue weighted by Crippen LogP contribution is -2.12. The van der Waals surface area contributed by atoms with Gasteiger partial charge in [0.05, 0.1) is 11.1 Å². The summed E-state index contributed by atoms with van der Waals surface area (Å²) >= 11 is 0. The van der Waals surface area contributed by atoms with Gasteiger partial charge in [0.1, 0.15) is 0 Å². The molecule has 1 aromatic rings. The van der Waals surface area contributed by atoms with Crippen LogP contribution < -0.4 is 0 Å². The Kier molecular flexibility index (Phi) is 6.83. The summed E-state index contributed by atoms with van der Waals surface area (Å²) in [5, 5.41) is 18.4. The number of aryl methyl sites for hydroxylation is 1. The number of benzene rings is 1. The molecule has 0 bridgehead atoms. The molecule has 1 aromatic carbocycles. The molecule has 4 heteroatoms. The molecule has 120 valence electrons. The first kappa shape index (κ1) is 18.0. The molecule has 22 heavy (non-hydrogen) atoms. The largest absolute Gasteiger partial charge is 0.478 e. The molecule has 0 saturated carbocycles. The summed E-state index contributed by atoms with van der Waals surface area (Å²) in [5.41, 5.74) is 1.68. The average Bonchev–Trinajstić information content (AvgIpc) is 2.43. The molecule has 0 aliphatic heterocycles. The van der Waals surface area contributed by atoms with Gasteiger partial charge in [-0.15, -0.1) is 0 Å². The molecule has 0 aromatic heterocycles. The van der Waals surface area contributed by atoms with Crippen LogP contribution in [-0.4, -0.2) is 22.2 Å². The molecule has 0 saturated heterocycles. The Labute approximate surface area is 131 Å². The van der Waals surface area contributed by atoms with Crippen LogP contribution in [0.15, 0.2) is 29.8 Å². The van der Waals surface area contributed by atoms with E-state index in [0.717, 1.165) is 19.3 Å². The Hall–Kier alpha value is -2.10. The highest BCUT2D eigenvalue weighted by molar-refractivity contribution is 6.02. The van der Waals surface area contributed by atoms with Crippen LogP contribution in [0.1, 0.15) is 66.3 Å². The van der Waals surface area contributed by atoms with E-state index in [1.165, 1.54) is 11.6 Å². The fraction of sp³-hybridized carbons (Fsp3) is 0.444. The minimum Gasteiger partial charge on any atom is -0.478 e. The fourth-order valence-electron chi connectivity index (χ4n) is 2.44. The predicted octanol–water partition coefficient (Wildman–Crippen LogP) is 4.40. The van der Waals surface area contributed by atoms with Crippen LogP contribution in [-0.2, 0) is 6.42 Å². The van der Waals surface area contributed by atoms with E-state index in [1.54, 1.807) is 12.1 Å². The van der Waals surface area contributed by atoms with E-state index in [-0.39, 0.29) is 11.1 Å². The third-order valence-electron chi connectivity index (χ3n) is 3.71. The third-order valence-corrected chi connectivity index (χ3v) is 3.71. The number of aromatic carboxylic acids is 2. The van der Waals surface area contributed by atoms with Crippen LogP contribution in [0.4, 0.5) is 0 Å². The van der Waals surface area contributed by atoms with E-state index < -0.39 is 11.9 Å². The lowest BCUT2D eigenvalue weighted by atomic mass is 9.92. The molecular weight excluding hydrogens is 280 g/mol. The van der Waals surface area contributed by atoms with Crippen molar-refractivity contribution >= 4 is 11.9 Å². The normalized spacial score (nSPS) is 11.8. The summed E-state index contributed by atoms with van der Waals surface area (Å²) in [5.74, 6) is -1.91. The topological polar surface area (TPSA) is 74.6 Å². The van der Waals surface area contributed by atoms with E-state index in [4.69, 9.17) is 5.11 Å². The Balaban J connectivity index is 2.77. The van der Waals surface area contributed by atoms with Gasteiger partial charge in [-0.1, -0.05) is 30.7 Å². The van der Waals surface area contributed by atoms with Crippen molar-refractivity contribution in [3.63, 3.8) is 0 Å². The second-order valence-electron chi connectivity index (χ2n) is 5.95. The Morgan fingerprint density at radius 3 is 2.36 bits per heavy atom. The van der Waals surface area contributed by atoms with Crippen LogP contribution in [0.5, 0.6) is 0 Å². The molecule has 0 aliphatic carbocycles. The monoisotopic (exact) mass is 304 g/mol. The zero-order valence-corrected chi connectivity index (χ0v) is 13.4. The first-order chi connectivity index (χ1) is 10.3. The summed E-state index contributed by atoms with van der Waals surface area (Å²) in [7, 11) is 0. The van der Waals surface area contributed by atoms with Gasteiger partial charge in [0.2, 0.25) is 0 Å². The molecule has 0 heterocycles. The first-order valence-electron chi connectivity index (χ1n) is 7.54. The maximum atomic E-state index is 11.4. The Morgan fingerprint density at radius 1 is 1.14 bits per heavy atom. The van der Waals surface area contributed by atoms with Crippen LogP contribution in [0, 0.1) is 5.92 Å². The van der Waals surface area contributed by atoms with Crippen molar-refractivity contribution in [3.8, 4) is 0 Å². The summed E-state index contributed by atoms with van der Waals surface area (Å²) in [6.07, 6.45) is 5.69.